The largest absolute Gasteiger partial charge is 0.398 e. The monoisotopic (exact) mass is 299 g/mol. The van der Waals surface area contributed by atoms with Crippen molar-refractivity contribution in [1.29, 1.82) is 0 Å². The molecule has 0 amide bonds. The minimum atomic E-state index is -1.23. The molecule has 2 aromatic carbocycles. The number of nitrogens with two attached hydrogens (primary N) is 1. The Kier molecular flexibility index (Phi) is 4.27. The lowest BCUT2D eigenvalue weighted by Gasteiger charge is -2.07. The van der Waals surface area contributed by atoms with Crippen LogP contribution in [-0.2, 0) is 16.6 Å². The van der Waals surface area contributed by atoms with E-state index in [0.717, 1.165) is 5.56 Å². The van der Waals surface area contributed by atoms with Gasteiger partial charge in [-0.2, -0.15) is 0 Å². The van der Waals surface area contributed by atoms with Crippen molar-refractivity contribution in [3.05, 3.63) is 58.1 Å². The van der Waals surface area contributed by atoms with Crippen LogP contribution in [0.4, 0.5) is 5.69 Å². The highest BCUT2D eigenvalue weighted by molar-refractivity contribution is 7.84. The summed E-state index contributed by atoms with van der Waals surface area (Å²) in [6.07, 6.45) is 0. The van der Waals surface area contributed by atoms with E-state index in [1.54, 1.807) is 24.3 Å². The lowest BCUT2D eigenvalue weighted by molar-refractivity contribution is 0.683. The van der Waals surface area contributed by atoms with Crippen LogP contribution in [0.25, 0.3) is 0 Å². The van der Waals surface area contributed by atoms with Gasteiger partial charge in [0.05, 0.1) is 31.5 Å². The Morgan fingerprint density at radius 1 is 1.06 bits per heavy atom. The first-order chi connectivity index (χ1) is 8.59. The van der Waals surface area contributed by atoms with Crippen LogP contribution < -0.4 is 5.73 Å². The zero-order valence-corrected chi connectivity index (χ0v) is 11.7. The highest BCUT2D eigenvalue weighted by Crippen LogP contribution is 2.28. The van der Waals surface area contributed by atoms with Crippen LogP contribution in [0, 0.1) is 0 Å². The maximum Gasteiger partial charge on any atom is 0.0633 e. The van der Waals surface area contributed by atoms with Gasteiger partial charge in [0.25, 0.3) is 0 Å². The number of halogens is 2. The van der Waals surface area contributed by atoms with Crippen LogP contribution in [-0.4, -0.2) is 4.21 Å². The predicted molar refractivity (Wildman–Crippen MR) is 77.4 cm³/mol. The van der Waals surface area contributed by atoms with Crippen molar-refractivity contribution in [1.82, 2.24) is 0 Å². The van der Waals surface area contributed by atoms with E-state index in [-0.39, 0.29) is 0 Å². The van der Waals surface area contributed by atoms with Gasteiger partial charge in [-0.15, -0.1) is 0 Å². The van der Waals surface area contributed by atoms with Crippen LogP contribution >= 0.6 is 23.2 Å². The second kappa shape index (κ2) is 5.74. The maximum atomic E-state index is 12.2. The summed E-state index contributed by atoms with van der Waals surface area (Å²) < 4.78 is 12.2. The minimum Gasteiger partial charge on any atom is -0.398 e. The second-order valence-electron chi connectivity index (χ2n) is 3.74. The molecule has 1 unspecified atom stereocenters. The van der Waals surface area contributed by atoms with Gasteiger partial charge in [0.15, 0.2) is 0 Å². The van der Waals surface area contributed by atoms with Gasteiger partial charge in [0.1, 0.15) is 0 Å². The zero-order chi connectivity index (χ0) is 13.1. The number of benzene rings is 2. The zero-order valence-electron chi connectivity index (χ0n) is 9.40. The predicted octanol–water partition coefficient (Wildman–Crippen LogP) is 3.88. The molecule has 0 bridgehead atoms. The van der Waals surface area contributed by atoms with E-state index in [4.69, 9.17) is 28.9 Å². The minimum absolute atomic E-state index is 0.299. The van der Waals surface area contributed by atoms with Crippen molar-refractivity contribution in [3.63, 3.8) is 0 Å². The molecule has 2 aromatic rings. The Morgan fingerprint density at radius 3 is 2.50 bits per heavy atom. The number of hydrogen-bond donors (Lipinski definition) is 1. The van der Waals surface area contributed by atoms with Gasteiger partial charge in [-0.05, 0) is 23.8 Å². The van der Waals surface area contributed by atoms with Crippen molar-refractivity contribution in [2.45, 2.75) is 10.6 Å². The molecule has 0 fully saturated rings. The van der Waals surface area contributed by atoms with Gasteiger partial charge in [-0.1, -0.05) is 47.5 Å². The third kappa shape index (κ3) is 2.86. The molecule has 0 heterocycles. The molecule has 0 saturated carbocycles. The van der Waals surface area contributed by atoms with E-state index in [1.165, 1.54) is 0 Å². The van der Waals surface area contributed by atoms with E-state index < -0.39 is 10.8 Å². The number of para-hydroxylation sites is 1. The molecule has 0 spiro atoms. The van der Waals surface area contributed by atoms with E-state index >= 15 is 0 Å². The van der Waals surface area contributed by atoms with Gasteiger partial charge in [-0.25, -0.2) is 0 Å². The molecular formula is C13H11Cl2NOS. The lowest BCUT2D eigenvalue weighted by atomic mass is 10.2. The first kappa shape index (κ1) is 13.4. The smallest absolute Gasteiger partial charge is 0.0633 e. The molecule has 2 rings (SSSR count). The summed E-state index contributed by atoms with van der Waals surface area (Å²) in [6, 6.07) is 12.4. The van der Waals surface area contributed by atoms with Crippen LogP contribution in [0.3, 0.4) is 0 Å². The Balaban J connectivity index is 2.27. The fraction of sp³-hybridized carbons (Fsp3) is 0.0769. The van der Waals surface area contributed by atoms with Gasteiger partial charge < -0.3 is 5.73 Å². The fourth-order valence-electron chi connectivity index (χ4n) is 1.57. The number of nitrogen functional groups attached to an aromatic ring is 1. The molecule has 0 aliphatic rings. The molecular weight excluding hydrogens is 289 g/mol. The molecule has 0 aliphatic heterocycles. The van der Waals surface area contributed by atoms with E-state index in [9.17, 15) is 4.21 Å². The molecule has 2 nitrogen and oxygen atoms in total. The van der Waals surface area contributed by atoms with Crippen LogP contribution in [0.5, 0.6) is 0 Å². The van der Waals surface area contributed by atoms with Crippen LogP contribution in [0.15, 0.2) is 47.4 Å². The molecule has 94 valence electrons. The molecule has 0 aromatic heterocycles. The molecule has 2 N–H and O–H groups in total. The van der Waals surface area contributed by atoms with E-state index in [2.05, 4.69) is 0 Å². The fourth-order valence-corrected chi connectivity index (χ4v) is 3.27. The average molecular weight is 300 g/mol. The highest BCUT2D eigenvalue weighted by atomic mass is 35.5. The summed E-state index contributed by atoms with van der Waals surface area (Å²) in [4.78, 5) is 0.619. The molecule has 5 heteroatoms. The van der Waals surface area contributed by atoms with Crippen molar-refractivity contribution >= 4 is 39.7 Å². The van der Waals surface area contributed by atoms with Crippen LogP contribution in [0.1, 0.15) is 5.56 Å². The van der Waals surface area contributed by atoms with Crippen LogP contribution in [0.2, 0.25) is 10.0 Å². The Labute approximate surface area is 118 Å². The van der Waals surface area contributed by atoms with Gasteiger partial charge in [0, 0.05) is 5.69 Å². The SMILES string of the molecule is Nc1ccccc1S(=O)Cc1cccc(Cl)c1Cl. The van der Waals surface area contributed by atoms with Crippen molar-refractivity contribution in [3.8, 4) is 0 Å². The highest BCUT2D eigenvalue weighted by Gasteiger charge is 2.11. The molecule has 0 aliphatic carbocycles. The standard InChI is InChI=1S/C13H11Cl2NOS/c14-10-5-3-4-9(13(10)15)8-18(17)12-7-2-1-6-11(12)16/h1-7H,8,16H2. The lowest BCUT2D eigenvalue weighted by Crippen LogP contribution is -2.01. The average Bonchev–Trinajstić information content (AvgIpc) is 2.35. The number of hydrogen-bond acceptors (Lipinski definition) is 2. The Hall–Kier alpha value is -1.03. The third-order valence-electron chi connectivity index (χ3n) is 2.48. The summed E-state index contributed by atoms with van der Waals surface area (Å²) >= 11 is 12.0. The Morgan fingerprint density at radius 2 is 1.78 bits per heavy atom. The summed E-state index contributed by atoms with van der Waals surface area (Å²) in [5, 5.41) is 0.911. The van der Waals surface area contributed by atoms with Crippen molar-refractivity contribution in [2.24, 2.45) is 0 Å². The van der Waals surface area contributed by atoms with Gasteiger partial charge in [-0.3, -0.25) is 4.21 Å². The molecule has 0 saturated heterocycles. The summed E-state index contributed by atoms with van der Waals surface area (Å²) in [5.74, 6) is 0.299. The summed E-state index contributed by atoms with van der Waals surface area (Å²) in [5.41, 5.74) is 7.07. The second-order valence-corrected chi connectivity index (χ2v) is 5.95. The molecule has 1 atom stereocenters. The maximum absolute atomic E-state index is 12.2. The first-order valence-corrected chi connectivity index (χ1v) is 7.33. The van der Waals surface area contributed by atoms with E-state index in [1.807, 2.05) is 18.2 Å². The first-order valence-electron chi connectivity index (χ1n) is 5.25. The topological polar surface area (TPSA) is 43.1 Å². The van der Waals surface area contributed by atoms with Gasteiger partial charge >= 0.3 is 0 Å². The summed E-state index contributed by atoms with van der Waals surface area (Å²) in [6.45, 7) is 0. The molecule has 18 heavy (non-hydrogen) atoms. The van der Waals surface area contributed by atoms with Crippen molar-refractivity contribution < 1.29 is 4.21 Å². The molecule has 0 radical (unpaired) electrons. The Bertz CT molecular complexity index is 601. The van der Waals surface area contributed by atoms with E-state index in [0.29, 0.717) is 26.4 Å². The van der Waals surface area contributed by atoms with Gasteiger partial charge in [0.2, 0.25) is 0 Å². The third-order valence-corrected chi connectivity index (χ3v) is 4.78. The quantitative estimate of drug-likeness (QED) is 0.874. The number of anilines is 1. The summed E-state index contributed by atoms with van der Waals surface area (Å²) in [7, 11) is -1.23. The van der Waals surface area contributed by atoms with Crippen molar-refractivity contribution in [2.75, 3.05) is 5.73 Å². The number of rotatable bonds is 3. The normalized spacial score (nSPS) is 12.3.